The number of aromatic nitrogens is 1. The van der Waals surface area contributed by atoms with Crippen LogP contribution in [0.25, 0.3) is 0 Å². The fraction of sp³-hybridized carbons (Fsp3) is 0.350. The van der Waals surface area contributed by atoms with Gasteiger partial charge in [0.15, 0.2) is 6.10 Å². The van der Waals surface area contributed by atoms with Gasteiger partial charge in [0.1, 0.15) is 11.6 Å². The third-order valence-electron chi connectivity index (χ3n) is 4.03. The number of carbonyl (C=O) groups is 2. The Morgan fingerprint density at radius 2 is 2.00 bits per heavy atom. The van der Waals surface area contributed by atoms with Gasteiger partial charge >= 0.3 is 5.97 Å². The van der Waals surface area contributed by atoms with Crippen molar-refractivity contribution >= 4 is 23.4 Å². The van der Waals surface area contributed by atoms with Gasteiger partial charge in [0.05, 0.1) is 17.9 Å². The second-order valence-corrected chi connectivity index (χ2v) is 6.32. The Labute approximate surface area is 158 Å². The van der Waals surface area contributed by atoms with E-state index >= 15 is 0 Å². The number of hydrogen-bond acceptors (Lipinski definition) is 6. The minimum Gasteiger partial charge on any atom is -0.492 e. The first-order valence-corrected chi connectivity index (χ1v) is 9.03. The van der Waals surface area contributed by atoms with E-state index in [9.17, 15) is 9.59 Å². The molecule has 1 atom stereocenters. The minimum atomic E-state index is -0.962. The topological polar surface area (TPSA) is 89.5 Å². The lowest BCUT2D eigenvalue weighted by Crippen LogP contribution is -2.30. The Balaban J connectivity index is 1.56. The van der Waals surface area contributed by atoms with Crippen molar-refractivity contribution in [2.24, 2.45) is 0 Å². The van der Waals surface area contributed by atoms with E-state index in [-0.39, 0.29) is 0 Å². The Bertz CT molecular complexity index is 803. The highest BCUT2D eigenvalue weighted by Gasteiger charge is 2.22. The average Bonchev–Trinajstić information content (AvgIpc) is 3.48. The molecule has 2 N–H and O–H groups in total. The summed E-state index contributed by atoms with van der Waals surface area (Å²) in [5.74, 6) is 0.263. The first-order chi connectivity index (χ1) is 13.1. The zero-order valence-corrected chi connectivity index (χ0v) is 15.4. The summed E-state index contributed by atoms with van der Waals surface area (Å²) in [7, 11) is 0. The number of amides is 1. The molecule has 2 aromatic rings. The Hall–Kier alpha value is -3.09. The maximum absolute atomic E-state index is 12.3. The van der Waals surface area contributed by atoms with Crippen LogP contribution in [0.3, 0.4) is 0 Å². The molecular formula is C20H23N3O4. The molecule has 1 aliphatic rings. The number of nitrogens with one attached hydrogen (secondary N) is 2. The molecule has 3 rings (SSSR count). The highest BCUT2D eigenvalue weighted by molar-refractivity contribution is 5.98. The van der Waals surface area contributed by atoms with Gasteiger partial charge in [-0.15, -0.1) is 0 Å². The smallest absolute Gasteiger partial charge is 0.340 e. The van der Waals surface area contributed by atoms with Gasteiger partial charge < -0.3 is 20.1 Å². The number of esters is 1. The number of rotatable bonds is 8. The van der Waals surface area contributed by atoms with Crippen LogP contribution in [0.15, 0.2) is 42.6 Å². The summed E-state index contributed by atoms with van der Waals surface area (Å²) in [6.07, 6.45) is 2.77. The van der Waals surface area contributed by atoms with E-state index in [1.54, 1.807) is 30.3 Å². The van der Waals surface area contributed by atoms with E-state index < -0.39 is 18.0 Å². The van der Waals surface area contributed by atoms with Crippen LogP contribution in [0.1, 0.15) is 37.0 Å². The van der Waals surface area contributed by atoms with Gasteiger partial charge in [-0.25, -0.2) is 9.78 Å². The summed E-state index contributed by atoms with van der Waals surface area (Å²) >= 11 is 0. The molecule has 1 aromatic heterocycles. The van der Waals surface area contributed by atoms with Crippen LogP contribution < -0.4 is 15.4 Å². The van der Waals surface area contributed by atoms with Gasteiger partial charge in [-0.2, -0.15) is 0 Å². The van der Waals surface area contributed by atoms with Crippen LogP contribution in [0, 0.1) is 0 Å². The van der Waals surface area contributed by atoms with E-state index in [2.05, 4.69) is 15.6 Å². The van der Waals surface area contributed by atoms with Gasteiger partial charge in [-0.05, 0) is 51.0 Å². The van der Waals surface area contributed by atoms with Crippen LogP contribution in [0.5, 0.6) is 5.75 Å². The maximum Gasteiger partial charge on any atom is 0.340 e. The van der Waals surface area contributed by atoms with Crippen molar-refractivity contribution in [3.63, 3.8) is 0 Å². The monoisotopic (exact) mass is 369 g/mol. The predicted molar refractivity (Wildman–Crippen MR) is 102 cm³/mol. The van der Waals surface area contributed by atoms with Gasteiger partial charge in [0.2, 0.25) is 0 Å². The summed E-state index contributed by atoms with van der Waals surface area (Å²) in [5.41, 5.74) is 0.829. The SMILES string of the molecule is CCOc1ccccc1NC(=O)C(C)OC(=O)c1ccc(NC2CC2)nc1. The molecule has 0 bridgehead atoms. The molecule has 27 heavy (non-hydrogen) atoms. The molecule has 1 aliphatic carbocycles. The van der Waals surface area contributed by atoms with Crippen LogP contribution in [0.4, 0.5) is 11.5 Å². The molecule has 0 saturated heterocycles. The highest BCUT2D eigenvalue weighted by Crippen LogP contribution is 2.24. The van der Waals surface area contributed by atoms with Crippen molar-refractivity contribution < 1.29 is 19.1 Å². The van der Waals surface area contributed by atoms with Crippen molar-refractivity contribution in [3.05, 3.63) is 48.2 Å². The number of carbonyl (C=O) groups excluding carboxylic acids is 2. The molecule has 1 fully saturated rings. The zero-order valence-electron chi connectivity index (χ0n) is 15.4. The normalized spacial score (nSPS) is 14.1. The zero-order chi connectivity index (χ0) is 19.2. The molecule has 1 heterocycles. The lowest BCUT2D eigenvalue weighted by Gasteiger charge is -2.15. The third kappa shape index (κ3) is 5.20. The van der Waals surface area contributed by atoms with Gasteiger partial charge in [-0.3, -0.25) is 4.79 Å². The Kier molecular flexibility index (Phi) is 5.90. The second-order valence-electron chi connectivity index (χ2n) is 6.32. The van der Waals surface area contributed by atoms with E-state index in [1.165, 1.54) is 13.1 Å². The number of benzene rings is 1. The number of hydrogen-bond donors (Lipinski definition) is 2. The first-order valence-electron chi connectivity index (χ1n) is 9.03. The standard InChI is InChI=1S/C20H23N3O4/c1-3-26-17-7-5-4-6-16(17)23-19(24)13(2)27-20(25)14-8-11-18(21-12-14)22-15-9-10-15/h4-8,11-13,15H,3,9-10H2,1-2H3,(H,21,22)(H,23,24). The summed E-state index contributed by atoms with van der Waals surface area (Å²) in [6, 6.07) is 11.0. The largest absolute Gasteiger partial charge is 0.492 e. The fourth-order valence-corrected chi connectivity index (χ4v) is 2.40. The Morgan fingerprint density at radius 1 is 1.22 bits per heavy atom. The van der Waals surface area contributed by atoms with Gasteiger partial charge in [0.25, 0.3) is 5.91 Å². The molecule has 7 nitrogen and oxygen atoms in total. The number of pyridine rings is 1. The number of nitrogens with zero attached hydrogens (tertiary/aromatic N) is 1. The summed E-state index contributed by atoms with van der Waals surface area (Å²) in [5, 5.41) is 5.97. The summed E-state index contributed by atoms with van der Waals surface area (Å²) < 4.78 is 10.7. The number of anilines is 2. The van der Waals surface area contributed by atoms with Crippen LogP contribution in [-0.2, 0) is 9.53 Å². The minimum absolute atomic E-state index is 0.297. The molecule has 142 valence electrons. The molecule has 1 aromatic carbocycles. The van der Waals surface area contributed by atoms with E-state index in [4.69, 9.17) is 9.47 Å². The van der Waals surface area contributed by atoms with E-state index in [0.29, 0.717) is 29.6 Å². The Morgan fingerprint density at radius 3 is 2.67 bits per heavy atom. The van der Waals surface area contributed by atoms with Crippen molar-refractivity contribution in [1.82, 2.24) is 4.98 Å². The fourth-order valence-electron chi connectivity index (χ4n) is 2.40. The quantitative estimate of drug-likeness (QED) is 0.695. The lowest BCUT2D eigenvalue weighted by molar-refractivity contribution is -0.123. The predicted octanol–water partition coefficient (Wildman–Crippen LogP) is 3.24. The van der Waals surface area contributed by atoms with Gasteiger partial charge in [0, 0.05) is 12.2 Å². The highest BCUT2D eigenvalue weighted by atomic mass is 16.5. The van der Waals surface area contributed by atoms with Crippen LogP contribution in [-0.4, -0.2) is 35.6 Å². The van der Waals surface area contributed by atoms with Crippen LogP contribution >= 0.6 is 0 Å². The molecule has 0 aliphatic heterocycles. The molecule has 7 heteroatoms. The molecule has 0 radical (unpaired) electrons. The molecule has 0 spiro atoms. The van der Waals surface area contributed by atoms with E-state index in [1.807, 2.05) is 13.0 Å². The van der Waals surface area contributed by atoms with Crippen molar-refractivity contribution in [1.29, 1.82) is 0 Å². The second kappa shape index (κ2) is 8.53. The lowest BCUT2D eigenvalue weighted by atomic mass is 10.2. The van der Waals surface area contributed by atoms with Gasteiger partial charge in [-0.1, -0.05) is 12.1 Å². The molecule has 1 unspecified atom stereocenters. The summed E-state index contributed by atoms with van der Waals surface area (Å²) in [4.78, 5) is 28.8. The third-order valence-corrected chi connectivity index (χ3v) is 4.03. The van der Waals surface area contributed by atoms with Crippen molar-refractivity contribution in [3.8, 4) is 5.75 Å². The number of ether oxygens (including phenoxy) is 2. The average molecular weight is 369 g/mol. The molecule has 1 saturated carbocycles. The molecular weight excluding hydrogens is 346 g/mol. The molecule has 1 amide bonds. The summed E-state index contributed by atoms with van der Waals surface area (Å²) in [6.45, 7) is 3.87. The maximum atomic E-state index is 12.3. The first kappa shape index (κ1) is 18.7. The van der Waals surface area contributed by atoms with Crippen molar-refractivity contribution in [2.75, 3.05) is 17.2 Å². The number of para-hydroxylation sites is 2. The van der Waals surface area contributed by atoms with Crippen LogP contribution in [0.2, 0.25) is 0 Å². The van der Waals surface area contributed by atoms with Crippen molar-refractivity contribution in [2.45, 2.75) is 38.8 Å². The van der Waals surface area contributed by atoms with E-state index in [0.717, 1.165) is 18.7 Å².